The lowest BCUT2D eigenvalue weighted by Gasteiger charge is -2.17. The van der Waals surface area contributed by atoms with E-state index in [4.69, 9.17) is 9.31 Å². The first-order valence-corrected chi connectivity index (χ1v) is 5.92. The minimum Gasteiger partial charge on any atom is -0.408 e. The molecule has 1 heterocycles. The molecule has 1 atom stereocenters. The fourth-order valence-corrected chi connectivity index (χ4v) is 2.11. The van der Waals surface area contributed by atoms with Gasteiger partial charge in [0.05, 0.1) is 18.8 Å². The van der Waals surface area contributed by atoms with E-state index in [1.54, 1.807) is 0 Å². The zero-order valence-electron chi connectivity index (χ0n) is 10.0. The van der Waals surface area contributed by atoms with Crippen LogP contribution in [0.1, 0.15) is 30.3 Å². The highest BCUT2D eigenvalue weighted by atomic mass is 19.4. The average molecular weight is 258 g/mol. The van der Waals surface area contributed by atoms with Gasteiger partial charge in [-0.25, -0.2) is 0 Å². The fraction of sp³-hybridized carbons (Fsp3) is 0.500. The average Bonchev–Trinajstić information content (AvgIpc) is 2.83. The summed E-state index contributed by atoms with van der Waals surface area (Å²) in [4.78, 5) is 0. The molecule has 0 radical (unpaired) electrons. The van der Waals surface area contributed by atoms with E-state index in [0.717, 1.165) is 24.1 Å². The van der Waals surface area contributed by atoms with Crippen LogP contribution in [0.5, 0.6) is 0 Å². The third kappa shape index (κ3) is 2.87. The zero-order chi connectivity index (χ0) is 13.2. The van der Waals surface area contributed by atoms with Crippen LogP contribution in [0.15, 0.2) is 24.3 Å². The summed E-state index contributed by atoms with van der Waals surface area (Å²) < 4.78 is 48.2. The van der Waals surface area contributed by atoms with Gasteiger partial charge < -0.3 is 9.31 Å². The molecule has 0 saturated carbocycles. The first-order chi connectivity index (χ1) is 8.52. The third-order valence-corrected chi connectivity index (χ3v) is 3.08. The number of halogens is 3. The molecule has 0 aliphatic carbocycles. The molecule has 1 saturated heterocycles. The van der Waals surface area contributed by atoms with Crippen molar-refractivity contribution in [2.24, 2.45) is 0 Å². The SMILES string of the molecule is CCC(B1OCCO1)c1ccc(C(F)(F)F)cc1. The van der Waals surface area contributed by atoms with Crippen LogP contribution in [0.2, 0.25) is 0 Å². The molecule has 0 N–H and O–H groups in total. The summed E-state index contributed by atoms with van der Waals surface area (Å²) in [5, 5.41) is 0. The van der Waals surface area contributed by atoms with Gasteiger partial charge in [-0.1, -0.05) is 25.5 Å². The van der Waals surface area contributed by atoms with Gasteiger partial charge in [-0.05, 0) is 17.7 Å². The molecule has 1 aliphatic rings. The van der Waals surface area contributed by atoms with E-state index in [0.29, 0.717) is 13.2 Å². The summed E-state index contributed by atoms with van der Waals surface area (Å²) in [6.45, 7) is 3.05. The smallest absolute Gasteiger partial charge is 0.408 e. The molecule has 1 aromatic carbocycles. The Morgan fingerprint density at radius 3 is 2.17 bits per heavy atom. The van der Waals surface area contributed by atoms with E-state index in [9.17, 15) is 13.2 Å². The highest BCUT2D eigenvalue weighted by Gasteiger charge is 2.35. The normalized spacial score (nSPS) is 18.1. The van der Waals surface area contributed by atoms with Crippen LogP contribution in [-0.2, 0) is 15.5 Å². The number of benzene rings is 1. The maximum absolute atomic E-state index is 12.5. The summed E-state index contributed by atoms with van der Waals surface area (Å²) in [6, 6.07) is 5.21. The van der Waals surface area contributed by atoms with Crippen LogP contribution in [0.25, 0.3) is 0 Å². The van der Waals surface area contributed by atoms with Crippen molar-refractivity contribution in [3.8, 4) is 0 Å². The lowest BCUT2D eigenvalue weighted by Crippen LogP contribution is -2.25. The molecule has 0 aromatic heterocycles. The van der Waals surface area contributed by atoms with Gasteiger partial charge in [0.1, 0.15) is 0 Å². The number of rotatable bonds is 3. The van der Waals surface area contributed by atoms with Crippen molar-refractivity contribution in [2.75, 3.05) is 13.2 Å². The van der Waals surface area contributed by atoms with Gasteiger partial charge in [0.25, 0.3) is 0 Å². The van der Waals surface area contributed by atoms with E-state index in [2.05, 4.69) is 0 Å². The maximum Gasteiger partial charge on any atom is 0.465 e. The Balaban J connectivity index is 2.16. The van der Waals surface area contributed by atoms with E-state index in [1.165, 1.54) is 12.1 Å². The van der Waals surface area contributed by atoms with Crippen molar-refractivity contribution < 1.29 is 22.5 Å². The van der Waals surface area contributed by atoms with Crippen molar-refractivity contribution in [3.05, 3.63) is 35.4 Å². The van der Waals surface area contributed by atoms with Gasteiger partial charge in [0, 0.05) is 5.82 Å². The number of alkyl halides is 3. The van der Waals surface area contributed by atoms with Gasteiger partial charge in [-0.3, -0.25) is 0 Å². The van der Waals surface area contributed by atoms with Gasteiger partial charge in [-0.2, -0.15) is 13.2 Å². The molecular formula is C12H14BF3O2. The van der Waals surface area contributed by atoms with Crippen LogP contribution < -0.4 is 0 Å². The van der Waals surface area contributed by atoms with Crippen molar-refractivity contribution in [1.29, 1.82) is 0 Å². The molecule has 18 heavy (non-hydrogen) atoms. The van der Waals surface area contributed by atoms with E-state index in [1.807, 2.05) is 6.92 Å². The van der Waals surface area contributed by atoms with Crippen LogP contribution in [0.3, 0.4) is 0 Å². The predicted octanol–water partition coefficient (Wildman–Crippen LogP) is 3.27. The van der Waals surface area contributed by atoms with E-state index < -0.39 is 11.7 Å². The number of hydrogen-bond acceptors (Lipinski definition) is 2. The highest BCUT2D eigenvalue weighted by Crippen LogP contribution is 2.32. The molecule has 98 valence electrons. The molecule has 0 bridgehead atoms. The van der Waals surface area contributed by atoms with Crippen LogP contribution in [-0.4, -0.2) is 20.3 Å². The molecule has 6 heteroatoms. The molecular weight excluding hydrogens is 244 g/mol. The third-order valence-electron chi connectivity index (χ3n) is 3.08. The van der Waals surface area contributed by atoms with E-state index in [-0.39, 0.29) is 12.9 Å². The first-order valence-electron chi connectivity index (χ1n) is 5.92. The Kier molecular flexibility index (Phi) is 3.97. The van der Waals surface area contributed by atoms with Crippen molar-refractivity contribution in [1.82, 2.24) is 0 Å². The van der Waals surface area contributed by atoms with Crippen molar-refractivity contribution in [2.45, 2.75) is 25.3 Å². The maximum atomic E-state index is 12.5. The second kappa shape index (κ2) is 5.32. The van der Waals surface area contributed by atoms with Gasteiger partial charge in [-0.15, -0.1) is 0 Å². The van der Waals surface area contributed by atoms with Crippen molar-refractivity contribution in [3.63, 3.8) is 0 Å². The van der Waals surface area contributed by atoms with Crippen molar-refractivity contribution >= 4 is 7.12 Å². The summed E-state index contributed by atoms with van der Waals surface area (Å²) in [7, 11) is -0.341. The second-order valence-corrected chi connectivity index (χ2v) is 4.24. The Bertz CT molecular complexity index is 385. The monoisotopic (exact) mass is 258 g/mol. The summed E-state index contributed by atoms with van der Waals surface area (Å²) in [6.07, 6.45) is -3.53. The highest BCUT2D eigenvalue weighted by molar-refractivity contribution is 6.47. The van der Waals surface area contributed by atoms with Gasteiger partial charge in [0.2, 0.25) is 0 Å². The molecule has 1 unspecified atom stereocenters. The Labute approximate surface area is 104 Å². The second-order valence-electron chi connectivity index (χ2n) is 4.24. The summed E-state index contributed by atoms with van der Waals surface area (Å²) in [5.41, 5.74) is 0.187. The topological polar surface area (TPSA) is 18.5 Å². The minimum absolute atomic E-state index is 0.0187. The van der Waals surface area contributed by atoms with Crippen LogP contribution in [0.4, 0.5) is 13.2 Å². The van der Waals surface area contributed by atoms with Crippen LogP contribution >= 0.6 is 0 Å². The molecule has 2 rings (SSSR count). The fourth-order valence-electron chi connectivity index (χ4n) is 2.11. The Morgan fingerprint density at radius 2 is 1.72 bits per heavy atom. The summed E-state index contributed by atoms with van der Waals surface area (Å²) >= 11 is 0. The lowest BCUT2D eigenvalue weighted by molar-refractivity contribution is -0.137. The molecule has 0 spiro atoms. The zero-order valence-corrected chi connectivity index (χ0v) is 10.0. The van der Waals surface area contributed by atoms with Gasteiger partial charge >= 0.3 is 13.3 Å². The van der Waals surface area contributed by atoms with Crippen LogP contribution in [0, 0.1) is 0 Å². The minimum atomic E-state index is -4.29. The summed E-state index contributed by atoms with van der Waals surface area (Å²) in [5.74, 6) is -0.0187. The predicted molar refractivity (Wildman–Crippen MR) is 62.1 cm³/mol. The van der Waals surface area contributed by atoms with E-state index >= 15 is 0 Å². The Morgan fingerprint density at radius 1 is 1.17 bits per heavy atom. The lowest BCUT2D eigenvalue weighted by atomic mass is 9.66. The largest absolute Gasteiger partial charge is 0.465 e. The molecule has 1 aliphatic heterocycles. The number of hydrogen-bond donors (Lipinski definition) is 0. The molecule has 1 fully saturated rings. The van der Waals surface area contributed by atoms with Gasteiger partial charge in [0.15, 0.2) is 0 Å². The Hall–Kier alpha value is -1.01. The standard InChI is InChI=1S/C12H14BF3O2/c1-2-11(13-17-7-8-18-13)9-3-5-10(6-4-9)12(14,15)16/h3-6,11H,2,7-8H2,1H3. The molecule has 0 amide bonds. The molecule has 2 nitrogen and oxygen atoms in total. The first kappa shape index (κ1) is 13.4. The quantitative estimate of drug-likeness (QED) is 0.774. The molecule has 1 aromatic rings.